The molecule has 22 heavy (non-hydrogen) atoms. The van der Waals surface area contributed by atoms with E-state index >= 15 is 0 Å². The van der Waals surface area contributed by atoms with Gasteiger partial charge in [0.2, 0.25) is 0 Å². The Bertz CT molecular complexity index is 735. The number of fused-ring (bicyclic) bond motifs is 1. The van der Waals surface area contributed by atoms with E-state index in [0.29, 0.717) is 17.7 Å². The zero-order valence-electron chi connectivity index (χ0n) is 12.1. The highest BCUT2D eigenvalue weighted by atomic mass is 16.5. The number of rotatable bonds is 4. The van der Waals surface area contributed by atoms with Crippen molar-refractivity contribution in [1.82, 2.24) is 10.3 Å². The van der Waals surface area contributed by atoms with Crippen LogP contribution in [-0.4, -0.2) is 28.6 Å². The quantitative estimate of drug-likeness (QED) is 0.803. The van der Waals surface area contributed by atoms with Crippen molar-refractivity contribution in [3.8, 4) is 5.75 Å². The van der Waals surface area contributed by atoms with Gasteiger partial charge in [0.1, 0.15) is 5.75 Å². The molecule has 0 spiro atoms. The number of amides is 1. The number of hydrogen-bond acceptors (Lipinski definition) is 3. The second kappa shape index (κ2) is 5.55. The Morgan fingerprint density at radius 3 is 2.86 bits per heavy atom. The van der Waals surface area contributed by atoms with Crippen molar-refractivity contribution in [2.45, 2.75) is 19.4 Å². The van der Waals surface area contributed by atoms with Crippen LogP contribution in [0.15, 0.2) is 30.6 Å². The topological polar surface area (TPSA) is 91.4 Å². The summed E-state index contributed by atoms with van der Waals surface area (Å²) in [5.74, 6) is -0.732. The molecule has 1 aromatic heterocycles. The lowest BCUT2D eigenvalue weighted by Gasteiger charge is -2.15. The first kappa shape index (κ1) is 14.2. The predicted octanol–water partition coefficient (Wildman–Crippen LogP) is 1.81. The number of ether oxygens (including phenoxy) is 1. The van der Waals surface area contributed by atoms with Gasteiger partial charge < -0.3 is 20.1 Å². The van der Waals surface area contributed by atoms with Gasteiger partial charge in [-0.05, 0) is 35.7 Å². The zero-order chi connectivity index (χ0) is 15.7. The molecule has 0 saturated heterocycles. The Labute approximate surface area is 127 Å². The number of aromatic nitrogens is 1. The molecule has 0 bridgehead atoms. The average molecular weight is 300 g/mol. The summed E-state index contributed by atoms with van der Waals surface area (Å²) in [5, 5.41) is 12.0. The summed E-state index contributed by atoms with van der Waals surface area (Å²) in [4.78, 5) is 26.6. The Balaban J connectivity index is 1.86. The van der Waals surface area contributed by atoms with E-state index in [4.69, 9.17) is 4.74 Å². The van der Waals surface area contributed by atoms with Crippen molar-refractivity contribution in [3.05, 3.63) is 52.8 Å². The Hall–Kier alpha value is -2.76. The molecule has 3 rings (SSSR count). The number of aromatic amines is 1. The molecule has 1 aromatic carbocycles. The molecule has 1 atom stereocenters. The van der Waals surface area contributed by atoms with E-state index in [9.17, 15) is 14.7 Å². The third-order valence-electron chi connectivity index (χ3n) is 3.77. The van der Waals surface area contributed by atoms with Crippen LogP contribution in [0.3, 0.4) is 0 Å². The zero-order valence-corrected chi connectivity index (χ0v) is 12.1. The smallest absolute Gasteiger partial charge is 0.330 e. The fraction of sp³-hybridized carbons (Fsp3) is 0.250. The van der Waals surface area contributed by atoms with Gasteiger partial charge in [-0.2, -0.15) is 0 Å². The molecule has 0 fully saturated rings. The molecular weight excluding hydrogens is 284 g/mol. The van der Waals surface area contributed by atoms with E-state index in [2.05, 4.69) is 10.3 Å². The highest BCUT2D eigenvalue weighted by Crippen LogP contribution is 2.28. The fourth-order valence-electron chi connectivity index (χ4n) is 2.57. The van der Waals surface area contributed by atoms with Crippen LogP contribution in [0.5, 0.6) is 5.75 Å². The van der Waals surface area contributed by atoms with Gasteiger partial charge >= 0.3 is 5.97 Å². The maximum absolute atomic E-state index is 12.2. The molecule has 0 radical (unpaired) electrons. The maximum atomic E-state index is 12.2. The van der Waals surface area contributed by atoms with Crippen molar-refractivity contribution in [1.29, 1.82) is 0 Å². The van der Waals surface area contributed by atoms with Gasteiger partial charge in [0, 0.05) is 18.8 Å². The third kappa shape index (κ3) is 2.55. The summed E-state index contributed by atoms with van der Waals surface area (Å²) in [7, 11) is 0. The van der Waals surface area contributed by atoms with Crippen LogP contribution in [0.2, 0.25) is 0 Å². The van der Waals surface area contributed by atoms with Gasteiger partial charge in [0.25, 0.3) is 5.91 Å². The first-order chi connectivity index (χ1) is 10.6. The predicted molar refractivity (Wildman–Crippen MR) is 79.0 cm³/mol. The molecule has 2 heterocycles. The number of carboxylic acids is 1. The standard InChI is InChI=1S/C16H16N2O4/c1-9-7-17-8-12(9)15(19)18-14(16(20)21)11-2-3-13-10(6-11)4-5-22-13/h2-3,6-8,14,17H,4-5H2,1H3,(H,18,19)(H,20,21). The molecule has 6 heteroatoms. The monoisotopic (exact) mass is 300 g/mol. The molecule has 1 aliphatic rings. The maximum Gasteiger partial charge on any atom is 0.330 e. The molecule has 3 N–H and O–H groups in total. The number of nitrogens with one attached hydrogen (secondary N) is 2. The van der Waals surface area contributed by atoms with Gasteiger partial charge in [-0.3, -0.25) is 4.79 Å². The molecule has 6 nitrogen and oxygen atoms in total. The van der Waals surface area contributed by atoms with Crippen molar-refractivity contribution in [2.24, 2.45) is 0 Å². The third-order valence-corrected chi connectivity index (χ3v) is 3.77. The summed E-state index contributed by atoms with van der Waals surface area (Å²) >= 11 is 0. The number of hydrogen-bond donors (Lipinski definition) is 3. The fourth-order valence-corrected chi connectivity index (χ4v) is 2.57. The van der Waals surface area contributed by atoms with E-state index in [-0.39, 0.29) is 0 Å². The van der Waals surface area contributed by atoms with Crippen LogP contribution < -0.4 is 10.1 Å². The number of carbonyl (C=O) groups is 2. The normalized spacial score (nSPS) is 14.0. The number of H-pyrrole nitrogens is 1. The van der Waals surface area contributed by atoms with Crippen molar-refractivity contribution < 1.29 is 19.4 Å². The van der Waals surface area contributed by atoms with Crippen molar-refractivity contribution in [3.63, 3.8) is 0 Å². The lowest BCUT2D eigenvalue weighted by Crippen LogP contribution is -2.33. The highest BCUT2D eigenvalue weighted by molar-refractivity contribution is 5.97. The van der Waals surface area contributed by atoms with Gasteiger partial charge in [-0.15, -0.1) is 0 Å². The molecule has 1 aliphatic heterocycles. The molecule has 2 aromatic rings. The largest absolute Gasteiger partial charge is 0.493 e. The second-order valence-corrected chi connectivity index (χ2v) is 5.26. The van der Waals surface area contributed by atoms with Crippen LogP contribution in [0, 0.1) is 6.92 Å². The second-order valence-electron chi connectivity index (χ2n) is 5.26. The molecule has 1 unspecified atom stereocenters. The summed E-state index contributed by atoms with van der Waals surface area (Å²) in [6.07, 6.45) is 4.00. The van der Waals surface area contributed by atoms with E-state index in [1.807, 2.05) is 0 Å². The minimum Gasteiger partial charge on any atom is -0.493 e. The van der Waals surface area contributed by atoms with Gasteiger partial charge in [-0.25, -0.2) is 4.79 Å². The number of aryl methyl sites for hydroxylation is 1. The molecule has 0 aliphatic carbocycles. The van der Waals surface area contributed by atoms with E-state index < -0.39 is 17.9 Å². The van der Waals surface area contributed by atoms with Gasteiger partial charge in [0.05, 0.1) is 12.2 Å². The molecule has 114 valence electrons. The minimum absolute atomic E-state index is 0.414. The summed E-state index contributed by atoms with van der Waals surface area (Å²) in [6, 6.07) is 4.12. The summed E-state index contributed by atoms with van der Waals surface area (Å²) in [5.41, 5.74) is 2.72. The Morgan fingerprint density at radius 2 is 2.18 bits per heavy atom. The number of aliphatic carboxylic acids is 1. The average Bonchev–Trinajstić information content (AvgIpc) is 3.11. The van der Waals surface area contributed by atoms with E-state index in [1.54, 1.807) is 37.5 Å². The van der Waals surface area contributed by atoms with Crippen LogP contribution in [0.1, 0.15) is 33.1 Å². The molecule has 1 amide bonds. The van der Waals surface area contributed by atoms with E-state index in [1.165, 1.54) is 0 Å². The van der Waals surface area contributed by atoms with Gasteiger partial charge in [0.15, 0.2) is 6.04 Å². The lowest BCUT2D eigenvalue weighted by molar-refractivity contribution is -0.139. The van der Waals surface area contributed by atoms with Crippen LogP contribution in [0.4, 0.5) is 0 Å². The van der Waals surface area contributed by atoms with Crippen molar-refractivity contribution >= 4 is 11.9 Å². The summed E-state index contributed by atoms with van der Waals surface area (Å²) in [6.45, 7) is 2.39. The molecule has 0 saturated carbocycles. The van der Waals surface area contributed by atoms with Crippen LogP contribution >= 0.6 is 0 Å². The van der Waals surface area contributed by atoms with E-state index in [0.717, 1.165) is 23.3 Å². The van der Waals surface area contributed by atoms with Crippen molar-refractivity contribution in [2.75, 3.05) is 6.61 Å². The number of carbonyl (C=O) groups excluding carboxylic acids is 1. The number of benzene rings is 1. The molecular formula is C16H16N2O4. The first-order valence-electron chi connectivity index (χ1n) is 6.99. The minimum atomic E-state index is -1.10. The van der Waals surface area contributed by atoms with Crippen LogP contribution in [-0.2, 0) is 11.2 Å². The Kier molecular flexibility index (Phi) is 3.58. The SMILES string of the molecule is Cc1c[nH]cc1C(=O)NC(C(=O)O)c1ccc2c(c1)CCO2. The van der Waals surface area contributed by atoms with Gasteiger partial charge in [-0.1, -0.05) is 6.07 Å². The lowest BCUT2D eigenvalue weighted by atomic mass is 10.0. The van der Waals surface area contributed by atoms with Crippen LogP contribution in [0.25, 0.3) is 0 Å². The first-order valence-corrected chi connectivity index (χ1v) is 6.99. The highest BCUT2D eigenvalue weighted by Gasteiger charge is 2.25. The number of carboxylic acid groups (broad SMARTS) is 1. The summed E-state index contributed by atoms with van der Waals surface area (Å²) < 4.78 is 5.41. The Morgan fingerprint density at radius 1 is 1.36 bits per heavy atom.